The number of aromatic nitrogens is 1. The van der Waals surface area contributed by atoms with Crippen molar-refractivity contribution >= 4 is 11.8 Å². The van der Waals surface area contributed by atoms with Crippen LogP contribution in [-0.2, 0) is 13.1 Å². The molecule has 4 aliphatic rings. The third-order valence-electron chi connectivity index (χ3n) is 6.97. The molecule has 156 valence electrons. The Hall–Kier alpha value is -3.23. The Morgan fingerprint density at radius 1 is 1.33 bits per heavy atom. The zero-order valence-corrected chi connectivity index (χ0v) is 16.1. The first kappa shape index (κ1) is 18.8. The summed E-state index contributed by atoms with van der Waals surface area (Å²) in [7, 11) is 0. The number of hydrogen-bond acceptors (Lipinski definition) is 4. The summed E-state index contributed by atoms with van der Waals surface area (Å²) in [6.07, 6.45) is 2.15. The molecule has 2 N–H and O–H groups in total. The quantitative estimate of drug-likeness (QED) is 0.797. The number of benzene rings is 1. The lowest BCUT2D eigenvalue weighted by molar-refractivity contribution is 0.00907. The molecule has 2 bridgehead atoms. The Morgan fingerprint density at radius 2 is 2.10 bits per heavy atom. The maximum Gasteiger partial charge on any atom is 0.275 e. The van der Waals surface area contributed by atoms with Gasteiger partial charge in [-0.05, 0) is 24.3 Å². The van der Waals surface area contributed by atoms with Crippen LogP contribution >= 0.6 is 0 Å². The minimum absolute atomic E-state index is 0.0528. The van der Waals surface area contributed by atoms with Crippen molar-refractivity contribution in [3.05, 3.63) is 63.1 Å². The van der Waals surface area contributed by atoms with E-state index in [-0.39, 0.29) is 28.9 Å². The molecule has 1 aliphatic carbocycles. The number of carbonyl (C=O) groups is 2. The van der Waals surface area contributed by atoms with Crippen molar-refractivity contribution in [1.29, 1.82) is 0 Å². The standard InChI is InChI=1S/C21H19F2N3O4/c1-10-12-5-21(10)9-25-8-14(17(27)18(28)16(25)20(30)26(21)7-12)19(29)24-6-11-2-3-13(22)4-15(11)23/h2-4,8,10,12,28H,5-7,9H2,1H3,(H,24,29)/t10-,12+,21-/m1/s1. The molecule has 3 aliphatic heterocycles. The molecule has 2 aromatic rings. The maximum atomic E-state index is 13.8. The predicted octanol–water partition coefficient (Wildman–Crippen LogP) is 1.63. The van der Waals surface area contributed by atoms with Crippen LogP contribution in [0.5, 0.6) is 5.75 Å². The van der Waals surface area contributed by atoms with Crippen LogP contribution in [0.1, 0.15) is 39.8 Å². The Labute approximate surface area is 169 Å². The van der Waals surface area contributed by atoms with E-state index in [1.54, 1.807) is 4.90 Å². The number of amides is 2. The predicted molar refractivity (Wildman–Crippen MR) is 101 cm³/mol. The molecule has 0 unspecified atom stereocenters. The van der Waals surface area contributed by atoms with E-state index in [1.165, 1.54) is 16.8 Å². The summed E-state index contributed by atoms with van der Waals surface area (Å²) >= 11 is 0. The van der Waals surface area contributed by atoms with Gasteiger partial charge in [0.2, 0.25) is 5.43 Å². The van der Waals surface area contributed by atoms with E-state index in [0.29, 0.717) is 31.0 Å². The van der Waals surface area contributed by atoms with Crippen LogP contribution in [0.3, 0.4) is 0 Å². The van der Waals surface area contributed by atoms with Gasteiger partial charge in [-0.3, -0.25) is 14.4 Å². The molecule has 1 aromatic heterocycles. The van der Waals surface area contributed by atoms with Crippen molar-refractivity contribution in [1.82, 2.24) is 14.8 Å². The van der Waals surface area contributed by atoms with Gasteiger partial charge in [-0.15, -0.1) is 0 Å². The van der Waals surface area contributed by atoms with E-state index >= 15 is 0 Å². The fourth-order valence-corrected chi connectivity index (χ4v) is 5.19. The summed E-state index contributed by atoms with van der Waals surface area (Å²) in [5.74, 6) is -2.82. The van der Waals surface area contributed by atoms with E-state index in [2.05, 4.69) is 12.2 Å². The first-order valence-electron chi connectivity index (χ1n) is 9.73. The van der Waals surface area contributed by atoms with Crippen LogP contribution in [0, 0.1) is 23.5 Å². The highest BCUT2D eigenvalue weighted by molar-refractivity contribution is 5.99. The normalized spacial score (nSPS) is 26.1. The average Bonchev–Trinajstić information content (AvgIpc) is 3.23. The highest BCUT2D eigenvalue weighted by atomic mass is 19.1. The van der Waals surface area contributed by atoms with Gasteiger partial charge in [-0.2, -0.15) is 0 Å². The highest BCUT2D eigenvalue weighted by Crippen LogP contribution is 2.57. The van der Waals surface area contributed by atoms with Gasteiger partial charge in [0.15, 0.2) is 11.4 Å². The van der Waals surface area contributed by atoms with Gasteiger partial charge in [0.05, 0.1) is 5.54 Å². The third kappa shape index (κ3) is 2.37. The van der Waals surface area contributed by atoms with Crippen LogP contribution < -0.4 is 10.7 Å². The molecule has 30 heavy (non-hydrogen) atoms. The van der Waals surface area contributed by atoms with Crippen molar-refractivity contribution in [2.45, 2.75) is 32.0 Å². The number of hydrogen-bond donors (Lipinski definition) is 2. The monoisotopic (exact) mass is 415 g/mol. The van der Waals surface area contributed by atoms with E-state index in [4.69, 9.17) is 0 Å². The summed E-state index contributed by atoms with van der Waals surface area (Å²) in [5.41, 5.74) is -1.69. The van der Waals surface area contributed by atoms with Crippen LogP contribution in [0.15, 0.2) is 29.2 Å². The Morgan fingerprint density at radius 3 is 2.80 bits per heavy atom. The molecule has 3 atom stereocenters. The molecule has 1 spiro atoms. The Balaban J connectivity index is 1.46. The lowest BCUT2D eigenvalue weighted by Gasteiger charge is -2.51. The lowest BCUT2D eigenvalue weighted by atomic mass is 9.63. The number of fused-ring (bicyclic) bond motifs is 1. The zero-order valence-electron chi connectivity index (χ0n) is 16.1. The van der Waals surface area contributed by atoms with Gasteiger partial charge in [0, 0.05) is 37.5 Å². The van der Waals surface area contributed by atoms with Crippen molar-refractivity contribution in [3.8, 4) is 5.75 Å². The summed E-state index contributed by atoms with van der Waals surface area (Å²) in [4.78, 5) is 39.9. The summed E-state index contributed by atoms with van der Waals surface area (Å²) < 4.78 is 28.3. The topological polar surface area (TPSA) is 91.6 Å². The van der Waals surface area contributed by atoms with Gasteiger partial charge < -0.3 is 19.9 Å². The maximum absolute atomic E-state index is 13.8. The number of pyridine rings is 1. The van der Waals surface area contributed by atoms with Crippen LogP contribution in [-0.4, -0.2) is 38.5 Å². The molecular weight excluding hydrogens is 396 g/mol. The van der Waals surface area contributed by atoms with Crippen LogP contribution in [0.2, 0.25) is 0 Å². The number of carbonyl (C=O) groups excluding carboxylic acids is 2. The minimum Gasteiger partial charge on any atom is -0.503 e. The number of aromatic hydroxyl groups is 1. The molecule has 1 aromatic carbocycles. The number of nitrogens with zero attached hydrogens (tertiary/aromatic N) is 2. The summed E-state index contributed by atoms with van der Waals surface area (Å²) in [6, 6.07) is 2.96. The van der Waals surface area contributed by atoms with Crippen molar-refractivity contribution in [3.63, 3.8) is 0 Å². The summed E-state index contributed by atoms with van der Waals surface area (Å²) in [5, 5.41) is 12.8. The molecular formula is C21H19F2N3O4. The fourth-order valence-electron chi connectivity index (χ4n) is 5.19. The molecule has 2 amide bonds. The van der Waals surface area contributed by atoms with Gasteiger partial charge in [-0.1, -0.05) is 13.0 Å². The fraction of sp³-hybridized carbons (Fsp3) is 0.381. The SMILES string of the molecule is C[C@@H]1[C@@H]2CN3C(=O)c4c(O)c(=O)c(C(=O)NCc5ccc(F)cc5F)cn4C[C@]13C2. The molecule has 4 heterocycles. The first-order valence-corrected chi connectivity index (χ1v) is 9.73. The number of nitrogens with one attached hydrogen (secondary N) is 1. The third-order valence-corrected chi connectivity index (χ3v) is 6.97. The highest BCUT2D eigenvalue weighted by Gasteiger charge is 2.65. The van der Waals surface area contributed by atoms with Gasteiger partial charge in [-0.25, -0.2) is 8.78 Å². The van der Waals surface area contributed by atoms with Crippen LogP contribution in [0.25, 0.3) is 0 Å². The van der Waals surface area contributed by atoms with E-state index in [9.17, 15) is 28.3 Å². The second-order valence-corrected chi connectivity index (χ2v) is 8.39. The summed E-state index contributed by atoms with van der Waals surface area (Å²) in [6.45, 7) is 2.83. The number of halogens is 2. The Bertz CT molecular complexity index is 1180. The largest absolute Gasteiger partial charge is 0.503 e. The van der Waals surface area contributed by atoms with Crippen molar-refractivity contribution in [2.75, 3.05) is 6.54 Å². The second kappa shape index (κ2) is 6.13. The van der Waals surface area contributed by atoms with Crippen LogP contribution in [0.4, 0.5) is 8.78 Å². The van der Waals surface area contributed by atoms with E-state index in [0.717, 1.165) is 12.5 Å². The van der Waals surface area contributed by atoms with Crippen molar-refractivity contribution < 1.29 is 23.5 Å². The molecule has 1 saturated carbocycles. The van der Waals surface area contributed by atoms with Gasteiger partial charge in [0.1, 0.15) is 17.2 Å². The molecule has 2 saturated heterocycles. The van der Waals surface area contributed by atoms with Gasteiger partial charge >= 0.3 is 0 Å². The second-order valence-electron chi connectivity index (χ2n) is 8.39. The van der Waals surface area contributed by atoms with Gasteiger partial charge in [0.25, 0.3) is 11.8 Å². The first-order chi connectivity index (χ1) is 14.2. The smallest absolute Gasteiger partial charge is 0.275 e. The Kier molecular flexibility index (Phi) is 3.84. The van der Waals surface area contributed by atoms with Crippen molar-refractivity contribution in [2.24, 2.45) is 11.8 Å². The molecule has 9 heteroatoms. The average molecular weight is 415 g/mol. The minimum atomic E-state index is -0.956. The van der Waals surface area contributed by atoms with E-state index < -0.39 is 34.6 Å². The molecule has 3 fully saturated rings. The zero-order chi connectivity index (χ0) is 21.4. The molecule has 7 nitrogen and oxygen atoms in total. The van der Waals surface area contributed by atoms with E-state index in [1.807, 2.05) is 0 Å². The molecule has 0 radical (unpaired) electrons. The lowest BCUT2D eigenvalue weighted by Crippen LogP contribution is -2.60. The number of rotatable bonds is 3. The molecule has 6 rings (SSSR count).